The van der Waals surface area contributed by atoms with E-state index in [1.54, 1.807) is 6.07 Å². The van der Waals surface area contributed by atoms with Gasteiger partial charge in [0, 0.05) is 5.69 Å². The van der Waals surface area contributed by atoms with Gasteiger partial charge in [-0.1, -0.05) is 36.4 Å². The van der Waals surface area contributed by atoms with E-state index < -0.39 is 10.0 Å². The van der Waals surface area contributed by atoms with Gasteiger partial charge in [-0.05, 0) is 35.7 Å². The molecule has 1 N–H and O–H groups in total. The molecule has 0 amide bonds. The molecule has 0 radical (unpaired) electrons. The van der Waals surface area contributed by atoms with Gasteiger partial charge in [0.05, 0.1) is 6.26 Å². The maximum absolute atomic E-state index is 11.2. The van der Waals surface area contributed by atoms with Gasteiger partial charge < -0.3 is 0 Å². The minimum atomic E-state index is -3.24. The molecule has 0 heterocycles. The van der Waals surface area contributed by atoms with Crippen LogP contribution in [0.4, 0.5) is 5.69 Å². The van der Waals surface area contributed by atoms with Crippen LogP contribution in [0, 0.1) is 6.92 Å². The number of nitrogens with one attached hydrogen (secondary N) is 1. The molecule has 0 bridgehead atoms. The monoisotopic (exact) mass is 261 g/mol. The van der Waals surface area contributed by atoms with Crippen molar-refractivity contribution in [3.05, 3.63) is 54.1 Å². The highest BCUT2D eigenvalue weighted by Crippen LogP contribution is 2.25. The lowest BCUT2D eigenvalue weighted by Crippen LogP contribution is -2.09. The Balaban J connectivity index is 2.42. The quantitative estimate of drug-likeness (QED) is 0.923. The van der Waals surface area contributed by atoms with Crippen LogP contribution in [-0.2, 0) is 10.0 Å². The molecular weight excluding hydrogens is 246 g/mol. The maximum atomic E-state index is 11.2. The summed E-state index contributed by atoms with van der Waals surface area (Å²) in [4.78, 5) is 0. The molecule has 0 spiro atoms. The van der Waals surface area contributed by atoms with Gasteiger partial charge in [0.2, 0.25) is 10.0 Å². The van der Waals surface area contributed by atoms with Gasteiger partial charge in [-0.2, -0.15) is 0 Å². The van der Waals surface area contributed by atoms with Gasteiger partial charge in [0.1, 0.15) is 0 Å². The first-order valence-corrected chi connectivity index (χ1v) is 7.49. The van der Waals surface area contributed by atoms with Crippen LogP contribution in [0.25, 0.3) is 11.1 Å². The number of sulfonamides is 1. The van der Waals surface area contributed by atoms with Gasteiger partial charge in [-0.3, -0.25) is 4.72 Å². The summed E-state index contributed by atoms with van der Waals surface area (Å²) in [5.41, 5.74) is 3.85. The lowest BCUT2D eigenvalue weighted by Gasteiger charge is -2.08. The van der Waals surface area contributed by atoms with Gasteiger partial charge in [-0.15, -0.1) is 0 Å². The predicted octanol–water partition coefficient (Wildman–Crippen LogP) is 3.03. The van der Waals surface area contributed by atoms with E-state index in [9.17, 15) is 8.42 Å². The third kappa shape index (κ3) is 3.11. The molecule has 0 fully saturated rings. The van der Waals surface area contributed by atoms with Crippen molar-refractivity contribution in [2.24, 2.45) is 0 Å². The van der Waals surface area contributed by atoms with Crippen LogP contribution in [0.5, 0.6) is 0 Å². The molecule has 0 aliphatic carbocycles. The molecule has 0 aromatic heterocycles. The highest BCUT2D eigenvalue weighted by Gasteiger charge is 2.05. The lowest BCUT2D eigenvalue weighted by molar-refractivity contribution is 0.607. The van der Waals surface area contributed by atoms with E-state index in [-0.39, 0.29) is 0 Å². The molecule has 0 atom stereocenters. The van der Waals surface area contributed by atoms with Crippen LogP contribution >= 0.6 is 0 Å². The maximum Gasteiger partial charge on any atom is 0.229 e. The molecule has 4 heteroatoms. The van der Waals surface area contributed by atoms with Gasteiger partial charge in [0.15, 0.2) is 0 Å². The predicted molar refractivity (Wildman–Crippen MR) is 75.1 cm³/mol. The topological polar surface area (TPSA) is 46.2 Å². The Kier molecular flexibility index (Phi) is 3.39. The summed E-state index contributed by atoms with van der Waals surface area (Å²) in [5, 5.41) is 0. The van der Waals surface area contributed by atoms with Crippen molar-refractivity contribution in [3.63, 3.8) is 0 Å². The number of hydrogen-bond acceptors (Lipinski definition) is 2. The fourth-order valence-electron chi connectivity index (χ4n) is 1.86. The fraction of sp³-hybridized carbons (Fsp3) is 0.143. The van der Waals surface area contributed by atoms with Crippen molar-refractivity contribution in [1.29, 1.82) is 0 Å². The Hall–Kier alpha value is -1.81. The van der Waals surface area contributed by atoms with Crippen LogP contribution in [0.1, 0.15) is 5.56 Å². The largest absolute Gasteiger partial charge is 0.284 e. The molecule has 0 aliphatic heterocycles. The summed E-state index contributed by atoms with van der Waals surface area (Å²) in [5.74, 6) is 0. The molecule has 2 aromatic rings. The Morgan fingerprint density at radius 3 is 2.39 bits per heavy atom. The van der Waals surface area contributed by atoms with Crippen LogP contribution < -0.4 is 4.72 Å². The van der Waals surface area contributed by atoms with Gasteiger partial charge in [-0.25, -0.2) is 8.42 Å². The molecule has 18 heavy (non-hydrogen) atoms. The van der Waals surface area contributed by atoms with Gasteiger partial charge in [0.25, 0.3) is 0 Å². The van der Waals surface area contributed by atoms with E-state index in [1.165, 1.54) is 0 Å². The average molecular weight is 261 g/mol. The first kappa shape index (κ1) is 12.6. The summed E-state index contributed by atoms with van der Waals surface area (Å²) in [6.45, 7) is 2.03. The van der Waals surface area contributed by atoms with Gasteiger partial charge >= 0.3 is 0 Å². The van der Waals surface area contributed by atoms with Crippen molar-refractivity contribution >= 4 is 15.7 Å². The lowest BCUT2D eigenvalue weighted by atomic mass is 10.0. The molecule has 2 rings (SSSR count). The van der Waals surface area contributed by atoms with Crippen molar-refractivity contribution in [3.8, 4) is 11.1 Å². The molecule has 94 valence electrons. The van der Waals surface area contributed by atoms with E-state index in [0.717, 1.165) is 22.9 Å². The van der Waals surface area contributed by atoms with Crippen LogP contribution in [-0.4, -0.2) is 14.7 Å². The van der Waals surface area contributed by atoms with Crippen molar-refractivity contribution in [2.75, 3.05) is 11.0 Å². The summed E-state index contributed by atoms with van der Waals surface area (Å²) in [6, 6.07) is 15.4. The van der Waals surface area contributed by atoms with E-state index >= 15 is 0 Å². The normalized spacial score (nSPS) is 11.2. The van der Waals surface area contributed by atoms with Crippen molar-refractivity contribution < 1.29 is 8.42 Å². The number of benzene rings is 2. The second-order valence-corrected chi connectivity index (χ2v) is 6.02. The summed E-state index contributed by atoms with van der Waals surface area (Å²) in [6.07, 6.45) is 1.15. The van der Waals surface area contributed by atoms with Crippen molar-refractivity contribution in [2.45, 2.75) is 6.92 Å². The standard InChI is InChI=1S/C14H15NO2S/c1-11-6-3-4-9-14(11)12-7-5-8-13(10-12)15-18(2,16)17/h3-10,15H,1-2H3. The number of rotatable bonds is 3. The summed E-state index contributed by atoms with van der Waals surface area (Å²) in [7, 11) is -3.24. The molecular formula is C14H15NO2S. The number of anilines is 1. The molecule has 0 saturated carbocycles. The highest BCUT2D eigenvalue weighted by molar-refractivity contribution is 7.92. The zero-order valence-corrected chi connectivity index (χ0v) is 11.2. The third-order valence-electron chi connectivity index (χ3n) is 2.62. The Morgan fingerprint density at radius 2 is 1.72 bits per heavy atom. The van der Waals surface area contributed by atoms with E-state index in [4.69, 9.17) is 0 Å². The van der Waals surface area contributed by atoms with E-state index in [2.05, 4.69) is 4.72 Å². The first-order valence-electron chi connectivity index (χ1n) is 5.59. The SMILES string of the molecule is Cc1ccccc1-c1cccc(NS(C)(=O)=O)c1. The molecule has 2 aromatic carbocycles. The molecule has 0 aliphatic rings. The number of aryl methyl sites for hydroxylation is 1. The minimum Gasteiger partial charge on any atom is -0.284 e. The van der Waals surface area contributed by atoms with Crippen molar-refractivity contribution in [1.82, 2.24) is 0 Å². The van der Waals surface area contributed by atoms with E-state index in [1.807, 2.05) is 49.4 Å². The van der Waals surface area contributed by atoms with Crippen LogP contribution in [0.3, 0.4) is 0 Å². The van der Waals surface area contributed by atoms with Crippen LogP contribution in [0.2, 0.25) is 0 Å². The van der Waals surface area contributed by atoms with Crippen LogP contribution in [0.15, 0.2) is 48.5 Å². The molecule has 0 saturated heterocycles. The minimum absolute atomic E-state index is 0.582. The summed E-state index contributed by atoms with van der Waals surface area (Å²) >= 11 is 0. The highest BCUT2D eigenvalue weighted by atomic mass is 32.2. The van der Waals surface area contributed by atoms with E-state index in [0.29, 0.717) is 5.69 Å². The third-order valence-corrected chi connectivity index (χ3v) is 3.23. The zero-order valence-electron chi connectivity index (χ0n) is 10.3. The molecule has 3 nitrogen and oxygen atoms in total. The Bertz CT molecular complexity index is 663. The first-order chi connectivity index (χ1) is 8.46. The second-order valence-electron chi connectivity index (χ2n) is 4.27. The second kappa shape index (κ2) is 4.82. The average Bonchev–Trinajstić information content (AvgIpc) is 2.27. The fourth-order valence-corrected chi connectivity index (χ4v) is 2.42. The smallest absolute Gasteiger partial charge is 0.229 e. The Labute approximate surface area is 108 Å². The Morgan fingerprint density at radius 1 is 1.00 bits per heavy atom. The zero-order chi connectivity index (χ0) is 13.2. The molecule has 0 unspecified atom stereocenters. The number of hydrogen-bond donors (Lipinski definition) is 1. The summed E-state index contributed by atoms with van der Waals surface area (Å²) < 4.78 is 24.9.